The molecule has 0 amide bonds. The van der Waals surface area contributed by atoms with Crippen LogP contribution in [0.25, 0.3) is 0 Å². The summed E-state index contributed by atoms with van der Waals surface area (Å²) in [6, 6.07) is 9.82. The first-order valence-electron chi connectivity index (χ1n) is 5.73. The van der Waals surface area contributed by atoms with Crippen molar-refractivity contribution in [2.75, 3.05) is 0 Å². The second kappa shape index (κ2) is 7.74. The molecule has 0 aliphatic heterocycles. The van der Waals surface area contributed by atoms with Crippen LogP contribution in [0.15, 0.2) is 39.3 Å². The van der Waals surface area contributed by atoms with Crippen molar-refractivity contribution in [3.8, 4) is 0 Å². The van der Waals surface area contributed by atoms with Gasteiger partial charge in [-0.2, -0.15) is 0 Å². The van der Waals surface area contributed by atoms with E-state index >= 15 is 0 Å². The van der Waals surface area contributed by atoms with Crippen LogP contribution in [-0.2, 0) is 9.53 Å². The van der Waals surface area contributed by atoms with Crippen molar-refractivity contribution in [2.24, 2.45) is 0 Å². The Morgan fingerprint density at radius 1 is 1.22 bits per heavy atom. The Hall–Kier alpha value is -0.610. The molecule has 0 bridgehead atoms. The maximum atomic E-state index is 11.2. The molecule has 0 saturated heterocycles. The summed E-state index contributed by atoms with van der Waals surface area (Å²) in [5.74, 6) is -0.247. The average Bonchev–Trinajstić information content (AvgIpc) is 2.34. The van der Waals surface area contributed by atoms with Crippen LogP contribution in [0, 0.1) is 0 Å². The number of carbonyl (C=O) groups is 1. The van der Waals surface area contributed by atoms with Crippen LogP contribution in [0.1, 0.15) is 38.4 Å². The highest BCUT2D eigenvalue weighted by atomic mass is 79.9. The summed E-state index contributed by atoms with van der Waals surface area (Å²) in [6.45, 7) is 3.48. The minimum atomic E-state index is -0.247. The lowest BCUT2D eigenvalue weighted by atomic mass is 10.0. The van der Waals surface area contributed by atoms with E-state index in [9.17, 15) is 4.79 Å². The van der Waals surface area contributed by atoms with Gasteiger partial charge in [-0.05, 0) is 57.2 Å². The molecule has 18 heavy (non-hydrogen) atoms. The number of rotatable bonds is 5. The Morgan fingerprint density at radius 3 is 2.33 bits per heavy atom. The molecule has 0 radical (unpaired) electrons. The van der Waals surface area contributed by atoms with E-state index in [-0.39, 0.29) is 12.1 Å². The molecule has 0 aromatic heterocycles. The van der Waals surface area contributed by atoms with Gasteiger partial charge in [0.15, 0.2) is 0 Å². The van der Waals surface area contributed by atoms with Gasteiger partial charge in [-0.15, -0.1) is 0 Å². The lowest BCUT2D eigenvalue weighted by Gasteiger charge is -2.17. The van der Waals surface area contributed by atoms with Gasteiger partial charge in [0.1, 0.15) is 6.10 Å². The Bertz CT molecular complexity index is 423. The number of ether oxygens (including phenoxy) is 1. The third-order valence-corrected chi connectivity index (χ3v) is 3.94. The molecule has 0 spiro atoms. The molecule has 0 saturated carbocycles. The van der Waals surface area contributed by atoms with Crippen molar-refractivity contribution in [1.82, 2.24) is 0 Å². The second-order valence-electron chi connectivity index (χ2n) is 4.09. The van der Waals surface area contributed by atoms with Crippen molar-refractivity contribution < 1.29 is 9.53 Å². The molecule has 1 aromatic carbocycles. The number of hydrogen-bond acceptors (Lipinski definition) is 2. The maximum Gasteiger partial charge on any atom is 0.303 e. The third kappa shape index (κ3) is 5.36. The van der Waals surface area contributed by atoms with Gasteiger partial charge in [0.2, 0.25) is 0 Å². The van der Waals surface area contributed by atoms with E-state index in [4.69, 9.17) is 4.74 Å². The number of benzene rings is 1. The quantitative estimate of drug-likeness (QED) is 0.669. The molecule has 1 aromatic rings. The van der Waals surface area contributed by atoms with Gasteiger partial charge in [-0.1, -0.05) is 35.9 Å². The van der Waals surface area contributed by atoms with Crippen LogP contribution in [0.4, 0.5) is 0 Å². The van der Waals surface area contributed by atoms with Crippen LogP contribution >= 0.6 is 31.9 Å². The van der Waals surface area contributed by atoms with Crippen molar-refractivity contribution in [3.63, 3.8) is 0 Å². The van der Waals surface area contributed by atoms with Gasteiger partial charge in [-0.25, -0.2) is 0 Å². The molecule has 4 heteroatoms. The van der Waals surface area contributed by atoms with Gasteiger partial charge in [0.25, 0.3) is 0 Å². The van der Waals surface area contributed by atoms with Crippen molar-refractivity contribution in [2.45, 2.75) is 32.8 Å². The van der Waals surface area contributed by atoms with Crippen LogP contribution in [0.5, 0.6) is 0 Å². The summed E-state index contributed by atoms with van der Waals surface area (Å²) in [7, 11) is 0. The van der Waals surface area contributed by atoms with E-state index in [1.54, 1.807) is 0 Å². The fourth-order valence-electron chi connectivity index (χ4n) is 1.60. The fourth-order valence-corrected chi connectivity index (χ4v) is 2.00. The van der Waals surface area contributed by atoms with Gasteiger partial charge in [-0.3, -0.25) is 4.79 Å². The molecule has 1 atom stereocenters. The van der Waals surface area contributed by atoms with Crippen LogP contribution in [0.2, 0.25) is 0 Å². The maximum absolute atomic E-state index is 11.2. The number of carbonyl (C=O) groups excluding carboxylic acids is 1. The summed E-state index contributed by atoms with van der Waals surface area (Å²) in [6.07, 6.45) is 1.45. The predicted molar refractivity (Wildman–Crippen MR) is 80.7 cm³/mol. The van der Waals surface area contributed by atoms with E-state index in [1.807, 2.05) is 37.3 Å². The van der Waals surface area contributed by atoms with E-state index in [1.165, 1.54) is 12.5 Å². The molecule has 2 nitrogen and oxygen atoms in total. The van der Waals surface area contributed by atoms with E-state index in [0.717, 1.165) is 21.8 Å². The SMILES string of the molecule is CC(=O)OC(CCC(C)=C(Br)Br)c1ccccc1. The zero-order valence-corrected chi connectivity index (χ0v) is 13.6. The number of allylic oxidation sites excluding steroid dienone is 1. The first-order valence-corrected chi connectivity index (χ1v) is 7.32. The first-order chi connectivity index (χ1) is 8.50. The fraction of sp³-hybridized carbons (Fsp3) is 0.357. The van der Waals surface area contributed by atoms with Crippen LogP contribution in [0.3, 0.4) is 0 Å². The molecule has 1 rings (SSSR count). The summed E-state index contributed by atoms with van der Waals surface area (Å²) < 4.78 is 6.34. The molecule has 0 N–H and O–H groups in total. The van der Waals surface area contributed by atoms with E-state index in [0.29, 0.717) is 0 Å². The average molecular weight is 376 g/mol. The molecule has 0 aliphatic carbocycles. The highest BCUT2D eigenvalue weighted by Gasteiger charge is 2.14. The molecular formula is C14H16Br2O2. The van der Waals surface area contributed by atoms with Gasteiger partial charge < -0.3 is 4.74 Å². The molecule has 98 valence electrons. The minimum absolute atomic E-state index is 0.182. The standard InChI is InChI=1S/C14H16Br2O2/c1-10(14(15)16)8-9-13(18-11(2)17)12-6-4-3-5-7-12/h3-7,13H,8-9H2,1-2H3. The zero-order valence-electron chi connectivity index (χ0n) is 10.5. The number of esters is 1. The Balaban J connectivity index is 2.74. The largest absolute Gasteiger partial charge is 0.458 e. The van der Waals surface area contributed by atoms with Crippen molar-refractivity contribution >= 4 is 37.8 Å². The summed E-state index contributed by atoms with van der Waals surface area (Å²) in [4.78, 5) is 11.2. The predicted octanol–water partition coefficient (Wildman–Crippen LogP) is 5.09. The summed E-state index contributed by atoms with van der Waals surface area (Å²) in [5, 5.41) is 0. The Labute approximate surface area is 125 Å². The van der Waals surface area contributed by atoms with Gasteiger partial charge in [0.05, 0.1) is 3.39 Å². The van der Waals surface area contributed by atoms with Gasteiger partial charge in [0, 0.05) is 6.92 Å². The zero-order chi connectivity index (χ0) is 13.5. The molecule has 0 aliphatic rings. The minimum Gasteiger partial charge on any atom is -0.458 e. The van der Waals surface area contributed by atoms with E-state index < -0.39 is 0 Å². The normalized spacial score (nSPS) is 11.8. The monoisotopic (exact) mass is 374 g/mol. The molecule has 0 fully saturated rings. The number of hydrogen-bond donors (Lipinski definition) is 0. The van der Waals surface area contributed by atoms with Crippen molar-refractivity contribution in [1.29, 1.82) is 0 Å². The van der Waals surface area contributed by atoms with Crippen molar-refractivity contribution in [3.05, 3.63) is 44.9 Å². The Morgan fingerprint density at radius 2 is 1.83 bits per heavy atom. The molecular weight excluding hydrogens is 360 g/mol. The number of halogens is 2. The lowest BCUT2D eigenvalue weighted by molar-refractivity contribution is -0.147. The second-order valence-corrected chi connectivity index (χ2v) is 6.74. The molecule has 1 unspecified atom stereocenters. The van der Waals surface area contributed by atoms with Crippen LogP contribution in [-0.4, -0.2) is 5.97 Å². The Kier molecular flexibility index (Phi) is 6.65. The lowest BCUT2D eigenvalue weighted by Crippen LogP contribution is -2.08. The third-order valence-electron chi connectivity index (χ3n) is 2.58. The van der Waals surface area contributed by atoms with E-state index in [2.05, 4.69) is 31.9 Å². The topological polar surface area (TPSA) is 26.3 Å². The summed E-state index contributed by atoms with van der Waals surface area (Å²) >= 11 is 6.77. The highest BCUT2D eigenvalue weighted by molar-refractivity contribution is 9.28. The van der Waals surface area contributed by atoms with Gasteiger partial charge >= 0.3 is 5.97 Å². The van der Waals surface area contributed by atoms with Crippen LogP contribution < -0.4 is 0 Å². The molecule has 0 heterocycles. The highest BCUT2D eigenvalue weighted by Crippen LogP contribution is 2.28. The summed E-state index contributed by atoms with van der Waals surface area (Å²) in [5.41, 5.74) is 2.23. The first kappa shape index (κ1) is 15.4. The smallest absolute Gasteiger partial charge is 0.303 e.